The average molecular weight is 404 g/mol. The van der Waals surface area contributed by atoms with E-state index in [-0.39, 0.29) is 18.3 Å². The van der Waals surface area contributed by atoms with Crippen molar-refractivity contribution in [1.82, 2.24) is 15.2 Å². The first-order chi connectivity index (χ1) is 14.6. The van der Waals surface area contributed by atoms with Gasteiger partial charge in [0, 0.05) is 11.3 Å². The maximum Gasteiger partial charge on any atom is 0.291 e. The van der Waals surface area contributed by atoms with Crippen LogP contribution in [0.3, 0.4) is 0 Å². The molecule has 2 heterocycles. The van der Waals surface area contributed by atoms with Gasteiger partial charge in [0.1, 0.15) is 18.2 Å². The largest absolute Gasteiger partial charge is 0.493 e. The van der Waals surface area contributed by atoms with Gasteiger partial charge in [0.05, 0.1) is 7.11 Å². The summed E-state index contributed by atoms with van der Waals surface area (Å²) < 4.78 is 16.6. The molecule has 0 radical (unpaired) electrons. The molecule has 0 saturated carbocycles. The van der Waals surface area contributed by atoms with E-state index in [1.54, 1.807) is 37.4 Å². The van der Waals surface area contributed by atoms with Crippen LogP contribution in [0.2, 0.25) is 0 Å². The van der Waals surface area contributed by atoms with E-state index >= 15 is 0 Å². The Kier molecular flexibility index (Phi) is 5.47. The fourth-order valence-electron chi connectivity index (χ4n) is 2.86. The molecule has 8 heteroatoms. The number of ether oxygens (including phenoxy) is 2. The number of aromatic nitrogens is 3. The number of H-pyrrole nitrogens is 1. The lowest BCUT2D eigenvalue weighted by Crippen LogP contribution is -2.10. The van der Waals surface area contributed by atoms with Crippen LogP contribution < -0.4 is 14.8 Å². The van der Waals surface area contributed by atoms with Gasteiger partial charge in [-0.1, -0.05) is 24.3 Å². The molecule has 0 atom stereocenters. The number of methoxy groups -OCH3 is 1. The average Bonchev–Trinajstić information content (AvgIpc) is 3.42. The summed E-state index contributed by atoms with van der Waals surface area (Å²) in [5.41, 5.74) is 1.41. The van der Waals surface area contributed by atoms with E-state index in [1.807, 2.05) is 37.3 Å². The quantitative estimate of drug-likeness (QED) is 0.478. The number of aromatic amines is 1. The fourth-order valence-corrected chi connectivity index (χ4v) is 2.86. The minimum absolute atomic E-state index is 0.174. The maximum atomic E-state index is 12.6. The lowest BCUT2D eigenvalue weighted by atomic mass is 10.2. The van der Waals surface area contributed by atoms with Crippen molar-refractivity contribution < 1.29 is 18.7 Å². The molecule has 0 bridgehead atoms. The summed E-state index contributed by atoms with van der Waals surface area (Å²) in [6.45, 7) is 2.00. The van der Waals surface area contributed by atoms with E-state index in [4.69, 9.17) is 13.9 Å². The van der Waals surface area contributed by atoms with Crippen molar-refractivity contribution in [2.24, 2.45) is 0 Å². The normalized spacial score (nSPS) is 10.6. The van der Waals surface area contributed by atoms with E-state index in [2.05, 4.69) is 20.5 Å². The third kappa shape index (κ3) is 4.33. The standard InChI is InChI=1S/C22H20N4O4/c1-14-23-21(26-25-14)15-6-5-7-16(12-15)24-22(27)20-11-10-17(30-20)13-29-19-9-4-3-8-18(19)28-2/h3-12H,13H2,1-2H3,(H,24,27)(H,23,25,26). The number of nitrogens with one attached hydrogen (secondary N) is 2. The smallest absolute Gasteiger partial charge is 0.291 e. The SMILES string of the molecule is COc1ccccc1OCc1ccc(C(=O)Nc2cccc(-c3n[nH]c(C)n3)c2)o1. The van der Waals surface area contributed by atoms with Crippen molar-refractivity contribution in [3.8, 4) is 22.9 Å². The maximum absolute atomic E-state index is 12.6. The molecule has 0 saturated heterocycles. The first-order valence-electron chi connectivity index (χ1n) is 9.27. The number of carbonyl (C=O) groups excluding carboxylic acids is 1. The van der Waals surface area contributed by atoms with E-state index in [0.29, 0.717) is 28.8 Å². The molecule has 8 nitrogen and oxygen atoms in total. The highest BCUT2D eigenvalue weighted by Crippen LogP contribution is 2.27. The molecule has 0 aliphatic rings. The Labute approximate surface area is 172 Å². The van der Waals surface area contributed by atoms with Gasteiger partial charge in [-0.25, -0.2) is 4.98 Å². The summed E-state index contributed by atoms with van der Waals surface area (Å²) in [5, 5.41) is 9.76. The molecule has 152 valence electrons. The van der Waals surface area contributed by atoms with Crippen molar-refractivity contribution in [3.63, 3.8) is 0 Å². The second-order valence-electron chi connectivity index (χ2n) is 6.48. The van der Waals surface area contributed by atoms with E-state index < -0.39 is 0 Å². The third-order valence-electron chi connectivity index (χ3n) is 4.30. The molecular weight excluding hydrogens is 384 g/mol. The zero-order chi connectivity index (χ0) is 20.9. The molecule has 30 heavy (non-hydrogen) atoms. The van der Waals surface area contributed by atoms with Gasteiger partial charge in [0.25, 0.3) is 5.91 Å². The predicted octanol–water partition coefficient (Wildman–Crippen LogP) is 4.21. The first kappa shape index (κ1) is 19.3. The van der Waals surface area contributed by atoms with Crippen LogP contribution in [0.1, 0.15) is 22.1 Å². The van der Waals surface area contributed by atoms with Crippen molar-refractivity contribution in [2.75, 3.05) is 12.4 Å². The van der Waals surface area contributed by atoms with Crippen molar-refractivity contribution in [1.29, 1.82) is 0 Å². The minimum atomic E-state index is -0.359. The highest BCUT2D eigenvalue weighted by atomic mass is 16.5. The monoisotopic (exact) mass is 404 g/mol. The van der Waals surface area contributed by atoms with Crippen molar-refractivity contribution in [3.05, 3.63) is 78.0 Å². The number of para-hydroxylation sites is 2. The Morgan fingerprint density at radius 1 is 1.10 bits per heavy atom. The topological polar surface area (TPSA) is 102 Å². The van der Waals surface area contributed by atoms with Gasteiger partial charge < -0.3 is 19.2 Å². The summed E-state index contributed by atoms with van der Waals surface area (Å²) in [5.74, 6) is 2.87. The summed E-state index contributed by atoms with van der Waals surface area (Å²) in [6, 6.07) is 17.9. The van der Waals surface area contributed by atoms with Crippen LogP contribution in [-0.2, 0) is 6.61 Å². The van der Waals surface area contributed by atoms with Crippen LogP contribution in [0.15, 0.2) is 65.1 Å². The van der Waals surface area contributed by atoms with Gasteiger partial charge in [0.2, 0.25) is 0 Å². The molecule has 4 aromatic rings. The van der Waals surface area contributed by atoms with E-state index in [0.717, 1.165) is 11.4 Å². The highest BCUT2D eigenvalue weighted by Gasteiger charge is 2.13. The zero-order valence-corrected chi connectivity index (χ0v) is 16.5. The Balaban J connectivity index is 1.41. The summed E-state index contributed by atoms with van der Waals surface area (Å²) in [7, 11) is 1.58. The number of rotatable bonds is 7. The number of aryl methyl sites for hydroxylation is 1. The Morgan fingerprint density at radius 3 is 2.70 bits per heavy atom. The van der Waals surface area contributed by atoms with Gasteiger partial charge in [-0.15, -0.1) is 0 Å². The molecule has 4 rings (SSSR count). The second-order valence-corrected chi connectivity index (χ2v) is 6.48. The lowest BCUT2D eigenvalue weighted by molar-refractivity contribution is 0.0992. The van der Waals surface area contributed by atoms with Crippen molar-refractivity contribution in [2.45, 2.75) is 13.5 Å². The van der Waals surface area contributed by atoms with Crippen LogP contribution in [-0.4, -0.2) is 28.2 Å². The van der Waals surface area contributed by atoms with Crippen LogP contribution >= 0.6 is 0 Å². The summed E-state index contributed by atoms with van der Waals surface area (Å²) >= 11 is 0. The number of furan rings is 1. The first-order valence-corrected chi connectivity index (χ1v) is 9.27. The van der Waals surface area contributed by atoms with E-state index in [1.165, 1.54) is 0 Å². The van der Waals surface area contributed by atoms with Crippen molar-refractivity contribution >= 4 is 11.6 Å². The molecular formula is C22H20N4O4. The van der Waals surface area contributed by atoms with E-state index in [9.17, 15) is 4.79 Å². The highest BCUT2D eigenvalue weighted by molar-refractivity contribution is 6.02. The number of nitrogens with zero attached hydrogens (tertiary/aromatic N) is 2. The van der Waals surface area contributed by atoms with Gasteiger partial charge in [-0.3, -0.25) is 9.89 Å². The molecule has 0 spiro atoms. The molecule has 2 aromatic carbocycles. The van der Waals surface area contributed by atoms with Crippen LogP contribution in [0.4, 0.5) is 5.69 Å². The molecule has 0 aliphatic heterocycles. The van der Waals surface area contributed by atoms with Crippen LogP contribution in [0.5, 0.6) is 11.5 Å². The third-order valence-corrected chi connectivity index (χ3v) is 4.30. The van der Waals surface area contributed by atoms with Crippen LogP contribution in [0.25, 0.3) is 11.4 Å². The molecule has 0 aliphatic carbocycles. The number of hydrogen-bond acceptors (Lipinski definition) is 6. The molecule has 2 N–H and O–H groups in total. The van der Waals surface area contributed by atoms with Crippen LogP contribution in [0, 0.1) is 6.92 Å². The Bertz CT molecular complexity index is 1170. The molecule has 1 amide bonds. The zero-order valence-electron chi connectivity index (χ0n) is 16.5. The second kappa shape index (κ2) is 8.52. The number of carbonyl (C=O) groups is 1. The fraction of sp³-hybridized carbons (Fsp3) is 0.136. The minimum Gasteiger partial charge on any atom is -0.493 e. The number of benzene rings is 2. The summed E-state index contributed by atoms with van der Waals surface area (Å²) in [4.78, 5) is 16.9. The molecule has 2 aromatic heterocycles. The van der Waals surface area contributed by atoms with Gasteiger partial charge in [0.15, 0.2) is 23.1 Å². The lowest BCUT2D eigenvalue weighted by Gasteiger charge is -2.08. The molecule has 0 fully saturated rings. The molecule has 0 unspecified atom stereocenters. The summed E-state index contributed by atoms with van der Waals surface area (Å²) in [6.07, 6.45) is 0. The Morgan fingerprint density at radius 2 is 1.93 bits per heavy atom. The van der Waals surface area contributed by atoms with Gasteiger partial charge in [-0.2, -0.15) is 5.10 Å². The Hall–Kier alpha value is -4.07. The number of hydrogen-bond donors (Lipinski definition) is 2. The number of anilines is 1. The predicted molar refractivity (Wildman–Crippen MR) is 111 cm³/mol. The van der Waals surface area contributed by atoms with Gasteiger partial charge in [-0.05, 0) is 43.3 Å². The number of amides is 1. The van der Waals surface area contributed by atoms with Gasteiger partial charge >= 0.3 is 0 Å².